The number of carbonyl (C=O) groups excluding carboxylic acids is 1. The molecule has 6 nitrogen and oxygen atoms in total. The highest BCUT2D eigenvalue weighted by atomic mass is 16.4. The molecule has 2 amide bonds. The summed E-state index contributed by atoms with van der Waals surface area (Å²) in [6, 6.07) is 15.0. The van der Waals surface area contributed by atoms with Gasteiger partial charge >= 0.3 is 12.0 Å². The second-order valence-corrected chi connectivity index (χ2v) is 9.64. The predicted molar refractivity (Wildman–Crippen MR) is 130 cm³/mol. The number of carboxylic acids is 1. The minimum atomic E-state index is -0.752. The van der Waals surface area contributed by atoms with E-state index in [2.05, 4.69) is 41.3 Å². The molecule has 2 aromatic rings. The topological polar surface area (TPSA) is 64.1 Å². The highest BCUT2D eigenvalue weighted by Crippen LogP contribution is 2.35. The van der Waals surface area contributed by atoms with Gasteiger partial charge in [-0.05, 0) is 66.1 Å². The third kappa shape index (κ3) is 4.76. The number of amides is 2. The Balaban J connectivity index is 1.28. The second-order valence-electron chi connectivity index (χ2n) is 9.64. The Bertz CT molecular complexity index is 1030. The number of hydrogen-bond donors (Lipinski definition) is 1. The molecular weight excluding hydrogens is 414 g/mol. The lowest BCUT2D eigenvalue weighted by atomic mass is 9.84. The molecule has 0 unspecified atom stereocenters. The van der Waals surface area contributed by atoms with Gasteiger partial charge in [0.1, 0.15) is 0 Å². The van der Waals surface area contributed by atoms with E-state index < -0.39 is 5.97 Å². The maximum atomic E-state index is 13.4. The van der Waals surface area contributed by atoms with Crippen molar-refractivity contribution in [3.05, 3.63) is 59.2 Å². The van der Waals surface area contributed by atoms with E-state index in [1.54, 1.807) is 0 Å². The Morgan fingerprint density at radius 1 is 0.909 bits per heavy atom. The van der Waals surface area contributed by atoms with E-state index in [0.29, 0.717) is 25.6 Å². The quantitative estimate of drug-likeness (QED) is 0.676. The number of aliphatic carboxylic acids is 1. The average Bonchev–Trinajstić information content (AvgIpc) is 3.24. The summed E-state index contributed by atoms with van der Waals surface area (Å²) >= 11 is 0. The molecule has 1 N–H and O–H groups in total. The van der Waals surface area contributed by atoms with Crippen LogP contribution in [0, 0.1) is 0 Å². The van der Waals surface area contributed by atoms with Crippen LogP contribution in [-0.4, -0.2) is 48.2 Å². The smallest absolute Gasteiger partial charge is 0.329 e. The molecule has 0 spiro atoms. The maximum absolute atomic E-state index is 13.4. The average molecular weight is 448 g/mol. The number of fused-ring (bicyclic) bond motifs is 1. The zero-order chi connectivity index (χ0) is 22.8. The zero-order valence-corrected chi connectivity index (χ0v) is 19.2. The van der Waals surface area contributed by atoms with Crippen molar-refractivity contribution in [2.45, 2.75) is 57.4 Å². The number of carbonyl (C=O) groups is 2. The third-order valence-corrected chi connectivity index (χ3v) is 7.50. The summed E-state index contributed by atoms with van der Waals surface area (Å²) in [5.41, 5.74) is 5.85. The number of nitrogens with zero attached hydrogens (tertiary/aromatic N) is 3. The zero-order valence-electron chi connectivity index (χ0n) is 19.2. The summed E-state index contributed by atoms with van der Waals surface area (Å²) in [5.74, 6) is -0.124. The first kappa shape index (κ1) is 22.0. The molecule has 0 aromatic heterocycles. The lowest BCUT2D eigenvalue weighted by Gasteiger charge is -2.29. The van der Waals surface area contributed by atoms with Gasteiger partial charge in [0.2, 0.25) is 0 Å². The van der Waals surface area contributed by atoms with Crippen LogP contribution in [0.4, 0.5) is 16.2 Å². The van der Waals surface area contributed by atoms with Gasteiger partial charge in [0.05, 0.1) is 6.42 Å². The number of hydrogen-bond acceptors (Lipinski definition) is 3. The molecule has 2 heterocycles. The fraction of sp³-hybridized carbons (Fsp3) is 0.481. The molecule has 2 aliphatic heterocycles. The van der Waals surface area contributed by atoms with Crippen LogP contribution in [0.5, 0.6) is 0 Å². The molecule has 6 heteroatoms. The van der Waals surface area contributed by atoms with Crippen molar-refractivity contribution in [1.82, 2.24) is 4.90 Å². The third-order valence-electron chi connectivity index (χ3n) is 7.50. The fourth-order valence-corrected chi connectivity index (χ4v) is 5.61. The largest absolute Gasteiger partial charge is 0.481 e. The number of carboxylic acid groups (broad SMARTS) is 1. The van der Waals surface area contributed by atoms with E-state index in [-0.39, 0.29) is 12.5 Å². The second kappa shape index (κ2) is 9.56. The molecule has 0 radical (unpaired) electrons. The van der Waals surface area contributed by atoms with Gasteiger partial charge < -0.3 is 5.11 Å². The van der Waals surface area contributed by atoms with Crippen LogP contribution in [0.3, 0.4) is 0 Å². The molecule has 2 fully saturated rings. The molecule has 1 aliphatic carbocycles. The van der Waals surface area contributed by atoms with Crippen LogP contribution >= 0.6 is 0 Å². The number of anilines is 2. The van der Waals surface area contributed by atoms with Gasteiger partial charge in [-0.3, -0.25) is 19.5 Å². The summed E-state index contributed by atoms with van der Waals surface area (Å²) in [6.07, 6.45) is 7.53. The Kier molecular flexibility index (Phi) is 6.36. The van der Waals surface area contributed by atoms with Crippen LogP contribution < -0.4 is 9.80 Å². The van der Waals surface area contributed by atoms with Gasteiger partial charge in [0, 0.05) is 44.1 Å². The molecule has 0 atom stereocenters. The number of rotatable bonds is 6. The van der Waals surface area contributed by atoms with Gasteiger partial charge in [-0.25, -0.2) is 4.79 Å². The van der Waals surface area contributed by atoms with Crippen LogP contribution in [-0.2, 0) is 17.8 Å². The van der Waals surface area contributed by atoms with E-state index in [9.17, 15) is 9.59 Å². The monoisotopic (exact) mass is 447 g/mol. The van der Waals surface area contributed by atoms with Crippen LogP contribution in [0.25, 0.3) is 0 Å². The van der Waals surface area contributed by atoms with Crippen LogP contribution in [0.2, 0.25) is 0 Å². The molecular formula is C27H33N3O3. The highest BCUT2D eigenvalue weighted by molar-refractivity contribution is 6.06. The van der Waals surface area contributed by atoms with Crippen molar-refractivity contribution in [1.29, 1.82) is 0 Å². The Morgan fingerprint density at radius 3 is 2.42 bits per heavy atom. The molecule has 1 saturated carbocycles. The number of benzene rings is 2. The molecule has 1 saturated heterocycles. The summed E-state index contributed by atoms with van der Waals surface area (Å²) in [5, 5.41) is 8.94. The van der Waals surface area contributed by atoms with Gasteiger partial charge in [0.15, 0.2) is 0 Å². The molecule has 174 valence electrons. The minimum absolute atomic E-state index is 0.0506. The van der Waals surface area contributed by atoms with E-state index in [1.807, 2.05) is 15.9 Å². The highest BCUT2D eigenvalue weighted by Gasteiger charge is 2.32. The SMILES string of the molecule is O=C(O)CCN1CCc2cc(N3CCN(c4cccc(C5CCCCC5)c4)C3=O)ccc2C1. The van der Waals surface area contributed by atoms with Crippen molar-refractivity contribution in [2.24, 2.45) is 0 Å². The minimum Gasteiger partial charge on any atom is -0.481 e. The summed E-state index contributed by atoms with van der Waals surface area (Å²) in [4.78, 5) is 30.2. The van der Waals surface area contributed by atoms with Crippen molar-refractivity contribution < 1.29 is 14.7 Å². The molecule has 33 heavy (non-hydrogen) atoms. The first-order chi connectivity index (χ1) is 16.1. The first-order valence-corrected chi connectivity index (χ1v) is 12.3. The van der Waals surface area contributed by atoms with E-state index in [4.69, 9.17) is 5.11 Å². The molecule has 3 aliphatic rings. The fourth-order valence-electron chi connectivity index (χ4n) is 5.61. The molecule has 2 aromatic carbocycles. The van der Waals surface area contributed by atoms with E-state index >= 15 is 0 Å². The standard InChI is InChI=1S/C27H33N3O3/c31-26(32)12-14-28-13-11-22-18-25(10-9-23(22)19-28)30-16-15-29(27(30)33)24-8-4-7-21(17-24)20-5-2-1-3-6-20/h4,7-10,17-18,20H,1-3,5-6,11-16,19H2,(H,31,32). The summed E-state index contributed by atoms with van der Waals surface area (Å²) < 4.78 is 0. The molecule has 0 bridgehead atoms. The first-order valence-electron chi connectivity index (χ1n) is 12.3. The summed E-state index contributed by atoms with van der Waals surface area (Å²) in [7, 11) is 0. The van der Waals surface area contributed by atoms with Gasteiger partial charge in [0.25, 0.3) is 0 Å². The van der Waals surface area contributed by atoms with Crippen molar-refractivity contribution in [3.8, 4) is 0 Å². The normalized spacial score (nSPS) is 19.7. The Morgan fingerprint density at radius 2 is 1.67 bits per heavy atom. The van der Waals surface area contributed by atoms with Crippen molar-refractivity contribution in [2.75, 3.05) is 36.0 Å². The lowest BCUT2D eigenvalue weighted by molar-refractivity contribution is -0.137. The van der Waals surface area contributed by atoms with Crippen molar-refractivity contribution in [3.63, 3.8) is 0 Å². The Hall–Kier alpha value is -2.86. The lowest BCUT2D eigenvalue weighted by Crippen LogP contribution is -2.33. The van der Waals surface area contributed by atoms with E-state index in [0.717, 1.165) is 30.9 Å². The number of urea groups is 1. The van der Waals surface area contributed by atoms with Gasteiger partial charge in [-0.2, -0.15) is 0 Å². The molecule has 5 rings (SSSR count). The van der Waals surface area contributed by atoms with Crippen LogP contribution in [0.15, 0.2) is 42.5 Å². The van der Waals surface area contributed by atoms with Gasteiger partial charge in [-0.15, -0.1) is 0 Å². The van der Waals surface area contributed by atoms with Crippen LogP contribution in [0.1, 0.15) is 61.1 Å². The van der Waals surface area contributed by atoms with Crippen molar-refractivity contribution >= 4 is 23.4 Å². The maximum Gasteiger partial charge on any atom is 0.329 e. The van der Waals surface area contributed by atoms with Gasteiger partial charge in [-0.1, -0.05) is 37.5 Å². The van der Waals surface area contributed by atoms with E-state index in [1.165, 1.54) is 48.8 Å². The predicted octanol–water partition coefficient (Wildman–Crippen LogP) is 5.01. The Labute approximate surface area is 195 Å². The summed E-state index contributed by atoms with van der Waals surface area (Å²) in [6.45, 7) is 3.60.